The van der Waals surface area contributed by atoms with E-state index >= 15 is 0 Å². The van der Waals surface area contributed by atoms with Crippen molar-refractivity contribution in [3.8, 4) is 0 Å². The second-order valence-electron chi connectivity index (χ2n) is 3.19. The first kappa shape index (κ1) is 6.81. The van der Waals surface area contributed by atoms with Crippen molar-refractivity contribution in [2.24, 2.45) is 0 Å². The van der Waals surface area contributed by atoms with Crippen LogP contribution in [0.4, 0.5) is 0 Å². The van der Waals surface area contributed by atoms with E-state index in [2.05, 4.69) is 20.4 Å². The number of hydrogen-bond acceptors (Lipinski definition) is 1. The van der Waals surface area contributed by atoms with Gasteiger partial charge in [-0.1, -0.05) is 6.08 Å². The molecule has 0 N–H and O–H groups in total. The Morgan fingerprint density at radius 3 is 2.56 bits per heavy atom. The second kappa shape index (κ2) is 2.14. The maximum Gasteiger partial charge on any atom is 0.0761 e. The van der Waals surface area contributed by atoms with Gasteiger partial charge < -0.3 is 4.74 Å². The van der Waals surface area contributed by atoms with Crippen molar-refractivity contribution in [3.63, 3.8) is 0 Å². The van der Waals surface area contributed by atoms with Crippen LogP contribution in [0.3, 0.4) is 0 Å². The van der Waals surface area contributed by atoms with Crippen LogP contribution in [0, 0.1) is 0 Å². The van der Waals surface area contributed by atoms with Gasteiger partial charge in [-0.05, 0) is 26.7 Å². The van der Waals surface area contributed by atoms with Gasteiger partial charge in [0, 0.05) is 0 Å². The molecule has 1 rings (SSSR count). The van der Waals surface area contributed by atoms with E-state index in [4.69, 9.17) is 4.74 Å². The summed E-state index contributed by atoms with van der Waals surface area (Å²) in [5, 5.41) is 0. The van der Waals surface area contributed by atoms with Crippen molar-refractivity contribution in [3.05, 3.63) is 12.7 Å². The summed E-state index contributed by atoms with van der Waals surface area (Å²) >= 11 is 0. The van der Waals surface area contributed by atoms with Crippen LogP contribution in [0.5, 0.6) is 0 Å². The third-order valence-corrected chi connectivity index (χ3v) is 1.76. The highest BCUT2D eigenvalue weighted by molar-refractivity contribution is 4.90. The van der Waals surface area contributed by atoms with Crippen molar-refractivity contribution in [1.29, 1.82) is 0 Å². The Hall–Kier alpha value is -0.300. The van der Waals surface area contributed by atoms with Gasteiger partial charge >= 0.3 is 0 Å². The molecule has 1 heteroatoms. The summed E-state index contributed by atoms with van der Waals surface area (Å²) in [6, 6.07) is 0. The predicted octanol–water partition coefficient (Wildman–Crippen LogP) is 2.13. The van der Waals surface area contributed by atoms with E-state index in [9.17, 15) is 0 Å². The molecule has 1 aliphatic rings. The smallest absolute Gasteiger partial charge is 0.0761 e. The largest absolute Gasteiger partial charge is 0.368 e. The minimum absolute atomic E-state index is 0.0961. The van der Waals surface area contributed by atoms with Crippen LogP contribution in [0.2, 0.25) is 0 Å². The van der Waals surface area contributed by atoms with Crippen LogP contribution in [0.1, 0.15) is 26.7 Å². The van der Waals surface area contributed by atoms with Gasteiger partial charge in [0.1, 0.15) is 0 Å². The molecule has 1 fully saturated rings. The number of rotatable bonds is 1. The van der Waals surface area contributed by atoms with Crippen molar-refractivity contribution in [2.45, 2.75) is 38.4 Å². The van der Waals surface area contributed by atoms with Crippen molar-refractivity contribution < 1.29 is 4.74 Å². The highest BCUT2D eigenvalue weighted by Crippen LogP contribution is 2.29. The highest BCUT2D eigenvalue weighted by Gasteiger charge is 2.29. The summed E-state index contributed by atoms with van der Waals surface area (Å²) in [5.41, 5.74) is 0.0961. The molecule has 0 aromatic heterocycles. The zero-order valence-electron chi connectivity index (χ0n) is 6.18. The van der Waals surface area contributed by atoms with Crippen LogP contribution in [-0.4, -0.2) is 11.7 Å². The van der Waals surface area contributed by atoms with Crippen LogP contribution >= 0.6 is 0 Å². The molecule has 1 aliphatic heterocycles. The van der Waals surface area contributed by atoms with Gasteiger partial charge in [-0.2, -0.15) is 0 Å². The third kappa shape index (κ3) is 1.55. The normalized spacial score (nSPS) is 32.4. The van der Waals surface area contributed by atoms with Gasteiger partial charge in [0.05, 0.1) is 11.7 Å². The lowest BCUT2D eigenvalue weighted by molar-refractivity contribution is 0.00535. The Kier molecular flexibility index (Phi) is 1.62. The van der Waals surface area contributed by atoms with Crippen LogP contribution in [0.25, 0.3) is 0 Å². The first-order valence-electron chi connectivity index (χ1n) is 3.44. The van der Waals surface area contributed by atoms with E-state index in [1.165, 1.54) is 0 Å². The first-order chi connectivity index (χ1) is 4.14. The molecule has 0 bridgehead atoms. The van der Waals surface area contributed by atoms with Crippen molar-refractivity contribution in [2.75, 3.05) is 0 Å². The summed E-state index contributed by atoms with van der Waals surface area (Å²) in [6.45, 7) is 7.93. The molecule has 1 saturated heterocycles. The van der Waals surface area contributed by atoms with E-state index in [-0.39, 0.29) is 5.60 Å². The summed E-state index contributed by atoms with van der Waals surface area (Å²) in [7, 11) is 0. The molecule has 0 radical (unpaired) electrons. The molecule has 0 amide bonds. The zero-order chi connectivity index (χ0) is 6.91. The molecule has 0 aromatic carbocycles. The average molecular weight is 126 g/mol. The van der Waals surface area contributed by atoms with Crippen molar-refractivity contribution >= 4 is 0 Å². The molecular weight excluding hydrogens is 112 g/mol. The Morgan fingerprint density at radius 1 is 1.67 bits per heavy atom. The number of hydrogen-bond donors (Lipinski definition) is 0. The van der Waals surface area contributed by atoms with Gasteiger partial charge in [0.25, 0.3) is 0 Å². The predicted molar refractivity (Wildman–Crippen MR) is 38.4 cm³/mol. The monoisotopic (exact) mass is 126 g/mol. The van der Waals surface area contributed by atoms with E-state index < -0.39 is 0 Å². The Labute approximate surface area is 56.7 Å². The van der Waals surface area contributed by atoms with Crippen LogP contribution in [0.15, 0.2) is 12.7 Å². The molecular formula is C8H14O. The quantitative estimate of drug-likeness (QED) is 0.489. The molecule has 0 spiro atoms. The standard InChI is InChI=1S/C8H14O/c1-4-7-5-6-8(2,3)9-7/h4,7H,1,5-6H2,2-3H3. The summed E-state index contributed by atoms with van der Waals surface area (Å²) in [6.07, 6.45) is 4.48. The van der Waals surface area contributed by atoms with E-state index in [1.54, 1.807) is 0 Å². The van der Waals surface area contributed by atoms with Crippen LogP contribution in [-0.2, 0) is 4.74 Å². The molecule has 1 heterocycles. The Bertz CT molecular complexity index is 116. The lowest BCUT2D eigenvalue weighted by atomic mass is 10.1. The SMILES string of the molecule is C=CC1CCC(C)(C)O1. The molecule has 0 aliphatic carbocycles. The van der Waals surface area contributed by atoms with E-state index in [0.717, 1.165) is 12.8 Å². The molecule has 1 nitrogen and oxygen atoms in total. The average Bonchev–Trinajstić information content (AvgIpc) is 2.10. The van der Waals surface area contributed by atoms with Crippen LogP contribution < -0.4 is 0 Å². The molecule has 9 heavy (non-hydrogen) atoms. The maximum absolute atomic E-state index is 5.58. The minimum Gasteiger partial charge on any atom is -0.368 e. The molecule has 1 atom stereocenters. The van der Waals surface area contributed by atoms with Gasteiger partial charge in [-0.3, -0.25) is 0 Å². The lowest BCUT2D eigenvalue weighted by Gasteiger charge is -2.17. The minimum atomic E-state index is 0.0961. The fraction of sp³-hybridized carbons (Fsp3) is 0.750. The van der Waals surface area contributed by atoms with E-state index in [0.29, 0.717) is 6.10 Å². The lowest BCUT2D eigenvalue weighted by Crippen LogP contribution is -2.18. The van der Waals surface area contributed by atoms with Gasteiger partial charge in [-0.15, -0.1) is 6.58 Å². The third-order valence-electron chi connectivity index (χ3n) is 1.76. The molecule has 0 aromatic rings. The zero-order valence-corrected chi connectivity index (χ0v) is 6.18. The summed E-state index contributed by atoms with van der Waals surface area (Å²) in [4.78, 5) is 0. The fourth-order valence-corrected chi connectivity index (χ4v) is 1.18. The molecule has 52 valence electrons. The maximum atomic E-state index is 5.58. The first-order valence-corrected chi connectivity index (χ1v) is 3.44. The molecule has 0 saturated carbocycles. The molecule has 1 unspecified atom stereocenters. The topological polar surface area (TPSA) is 9.23 Å². The van der Waals surface area contributed by atoms with E-state index in [1.807, 2.05) is 6.08 Å². The second-order valence-corrected chi connectivity index (χ2v) is 3.19. The van der Waals surface area contributed by atoms with Gasteiger partial charge in [0.15, 0.2) is 0 Å². The fourth-order valence-electron chi connectivity index (χ4n) is 1.18. The summed E-state index contributed by atoms with van der Waals surface area (Å²) < 4.78 is 5.58. The summed E-state index contributed by atoms with van der Waals surface area (Å²) in [5.74, 6) is 0. The Balaban J connectivity index is 2.47. The van der Waals surface area contributed by atoms with Gasteiger partial charge in [0.2, 0.25) is 0 Å². The Morgan fingerprint density at radius 2 is 2.33 bits per heavy atom. The van der Waals surface area contributed by atoms with Gasteiger partial charge in [-0.25, -0.2) is 0 Å². The highest BCUT2D eigenvalue weighted by atomic mass is 16.5. The van der Waals surface area contributed by atoms with Crippen molar-refractivity contribution in [1.82, 2.24) is 0 Å². The number of ether oxygens (including phenoxy) is 1.